The van der Waals surface area contributed by atoms with Crippen LogP contribution in [-0.4, -0.2) is 53.5 Å². The van der Waals surface area contributed by atoms with Crippen molar-refractivity contribution < 1.29 is 27.8 Å². The topological polar surface area (TPSA) is 96.5 Å². The fourth-order valence-electron chi connectivity index (χ4n) is 4.19. The molecule has 1 aromatic heterocycles. The number of amides is 2. The van der Waals surface area contributed by atoms with Crippen LogP contribution in [0.4, 0.5) is 14.6 Å². The Balaban J connectivity index is 1.55. The van der Waals surface area contributed by atoms with Crippen LogP contribution in [0.5, 0.6) is 11.5 Å². The van der Waals surface area contributed by atoms with Crippen molar-refractivity contribution in [2.24, 2.45) is 0 Å². The van der Waals surface area contributed by atoms with E-state index < -0.39 is 17.5 Å². The highest BCUT2D eigenvalue weighted by atomic mass is 19.1. The van der Waals surface area contributed by atoms with E-state index in [0.29, 0.717) is 39.7 Å². The molecule has 2 N–H and O–H groups in total. The first-order valence-corrected chi connectivity index (χ1v) is 12.6. The number of halogens is 2. The van der Waals surface area contributed by atoms with Gasteiger partial charge in [-0.1, -0.05) is 6.07 Å². The summed E-state index contributed by atoms with van der Waals surface area (Å²) in [4.78, 5) is 35.5. The SMILES string of the molecule is COc1ccc(CC(=O)N(CC(=O)Nc2nc(-c3ccc(F)cc3)[nH]c2-c2ccc(F)cc2)C(C)C)cc1OC. The van der Waals surface area contributed by atoms with Crippen molar-refractivity contribution in [3.8, 4) is 34.1 Å². The van der Waals surface area contributed by atoms with E-state index in [0.717, 1.165) is 0 Å². The van der Waals surface area contributed by atoms with Crippen LogP contribution in [-0.2, 0) is 16.0 Å². The van der Waals surface area contributed by atoms with Gasteiger partial charge in [-0.05, 0) is 80.1 Å². The van der Waals surface area contributed by atoms with Gasteiger partial charge in [0.05, 0.1) is 26.3 Å². The van der Waals surface area contributed by atoms with E-state index >= 15 is 0 Å². The first kappa shape index (κ1) is 28.3. The highest BCUT2D eigenvalue weighted by Crippen LogP contribution is 2.30. The van der Waals surface area contributed by atoms with Crippen molar-refractivity contribution in [1.82, 2.24) is 14.9 Å². The molecule has 4 rings (SSSR count). The third-order valence-corrected chi connectivity index (χ3v) is 6.27. The zero-order chi connectivity index (χ0) is 28.8. The molecule has 0 aliphatic carbocycles. The minimum absolute atomic E-state index is 0.0593. The first-order chi connectivity index (χ1) is 19.2. The number of aromatic amines is 1. The van der Waals surface area contributed by atoms with E-state index in [1.807, 2.05) is 13.8 Å². The molecule has 4 aromatic rings. The van der Waals surface area contributed by atoms with Crippen molar-refractivity contribution >= 4 is 17.6 Å². The Morgan fingerprint density at radius 3 is 2.08 bits per heavy atom. The quantitative estimate of drug-likeness (QED) is 0.275. The Morgan fingerprint density at radius 2 is 1.50 bits per heavy atom. The lowest BCUT2D eigenvalue weighted by molar-refractivity contribution is -0.135. The van der Waals surface area contributed by atoms with Gasteiger partial charge < -0.3 is 24.7 Å². The molecule has 0 saturated carbocycles. The summed E-state index contributed by atoms with van der Waals surface area (Å²) in [7, 11) is 3.05. The van der Waals surface area contributed by atoms with E-state index in [9.17, 15) is 18.4 Å². The molecule has 208 valence electrons. The maximum Gasteiger partial charge on any atom is 0.245 e. The number of ether oxygens (including phenoxy) is 2. The van der Waals surface area contributed by atoms with Gasteiger partial charge in [-0.15, -0.1) is 0 Å². The van der Waals surface area contributed by atoms with Crippen molar-refractivity contribution in [2.75, 3.05) is 26.1 Å². The number of hydrogen-bond donors (Lipinski definition) is 2. The lowest BCUT2D eigenvalue weighted by Crippen LogP contribution is -2.43. The Kier molecular flexibility index (Phi) is 8.78. The third kappa shape index (κ3) is 6.63. The molecule has 0 spiro atoms. The normalized spacial score (nSPS) is 10.9. The van der Waals surface area contributed by atoms with Gasteiger partial charge in [-0.2, -0.15) is 0 Å². The van der Waals surface area contributed by atoms with Gasteiger partial charge in [0.2, 0.25) is 11.8 Å². The Labute approximate surface area is 231 Å². The van der Waals surface area contributed by atoms with Gasteiger partial charge in [-0.25, -0.2) is 13.8 Å². The second kappa shape index (κ2) is 12.4. The maximum atomic E-state index is 13.6. The minimum atomic E-state index is -0.463. The van der Waals surface area contributed by atoms with Crippen LogP contribution in [0.3, 0.4) is 0 Å². The van der Waals surface area contributed by atoms with Crippen molar-refractivity contribution in [3.05, 3.63) is 83.9 Å². The van der Waals surface area contributed by atoms with Gasteiger partial charge in [-0.3, -0.25) is 9.59 Å². The standard InChI is InChI=1S/C30H30F2N4O4/c1-18(2)36(27(38)16-19-5-14-24(39-3)25(15-19)40-4)17-26(37)33-30-28(20-6-10-22(31)11-7-20)34-29(35-30)21-8-12-23(32)13-9-21/h5-15,18H,16-17H2,1-4H3,(H,33,37)(H,34,35). The average molecular weight is 549 g/mol. The second-order valence-corrected chi connectivity index (χ2v) is 9.35. The van der Waals surface area contributed by atoms with Crippen LogP contribution < -0.4 is 14.8 Å². The summed E-state index contributed by atoms with van der Waals surface area (Å²) >= 11 is 0. The number of H-pyrrole nitrogens is 1. The van der Waals surface area contributed by atoms with Gasteiger partial charge in [0.15, 0.2) is 17.3 Å². The highest BCUT2D eigenvalue weighted by molar-refractivity contribution is 5.97. The van der Waals surface area contributed by atoms with Crippen LogP contribution in [0.2, 0.25) is 0 Å². The van der Waals surface area contributed by atoms with Crippen LogP contribution in [0, 0.1) is 11.6 Å². The number of aromatic nitrogens is 2. The summed E-state index contributed by atoms with van der Waals surface area (Å²) in [5.41, 5.74) is 2.34. The molecule has 10 heteroatoms. The average Bonchev–Trinajstić information content (AvgIpc) is 3.35. The molecule has 0 unspecified atom stereocenters. The summed E-state index contributed by atoms with van der Waals surface area (Å²) in [6.45, 7) is 3.43. The van der Waals surface area contributed by atoms with Gasteiger partial charge >= 0.3 is 0 Å². The molecule has 8 nitrogen and oxygen atoms in total. The smallest absolute Gasteiger partial charge is 0.245 e. The van der Waals surface area contributed by atoms with E-state index in [2.05, 4.69) is 15.3 Å². The largest absolute Gasteiger partial charge is 0.493 e. The number of imidazole rings is 1. The Bertz CT molecular complexity index is 1480. The molecule has 3 aromatic carbocycles. The molecule has 0 saturated heterocycles. The summed E-state index contributed by atoms with van der Waals surface area (Å²) in [6, 6.07) is 16.4. The van der Waals surface area contributed by atoms with Crippen LogP contribution in [0.1, 0.15) is 19.4 Å². The second-order valence-electron chi connectivity index (χ2n) is 9.35. The maximum absolute atomic E-state index is 13.6. The highest BCUT2D eigenvalue weighted by Gasteiger charge is 2.23. The summed E-state index contributed by atoms with van der Waals surface area (Å²) in [5, 5.41) is 2.78. The van der Waals surface area contributed by atoms with Crippen LogP contribution >= 0.6 is 0 Å². The lowest BCUT2D eigenvalue weighted by Gasteiger charge is -2.26. The molecule has 0 bridgehead atoms. The molecule has 0 atom stereocenters. The predicted octanol–water partition coefficient (Wildman–Crippen LogP) is 5.46. The fourth-order valence-corrected chi connectivity index (χ4v) is 4.19. The number of anilines is 1. The fraction of sp³-hybridized carbons (Fsp3) is 0.233. The van der Waals surface area contributed by atoms with Gasteiger partial charge in [0.1, 0.15) is 24.0 Å². The third-order valence-electron chi connectivity index (χ3n) is 6.27. The minimum Gasteiger partial charge on any atom is -0.493 e. The van der Waals surface area contributed by atoms with Crippen LogP contribution in [0.15, 0.2) is 66.7 Å². The lowest BCUT2D eigenvalue weighted by atomic mass is 10.1. The van der Waals surface area contributed by atoms with E-state index in [1.54, 1.807) is 42.5 Å². The van der Waals surface area contributed by atoms with Crippen molar-refractivity contribution in [1.29, 1.82) is 0 Å². The molecule has 0 radical (unpaired) electrons. The zero-order valence-corrected chi connectivity index (χ0v) is 22.6. The number of benzene rings is 3. The molecule has 40 heavy (non-hydrogen) atoms. The monoisotopic (exact) mass is 548 g/mol. The number of nitrogens with one attached hydrogen (secondary N) is 2. The number of nitrogens with zero attached hydrogens (tertiary/aromatic N) is 2. The Morgan fingerprint density at radius 1 is 0.900 bits per heavy atom. The number of hydrogen-bond acceptors (Lipinski definition) is 5. The summed E-state index contributed by atoms with van der Waals surface area (Å²) in [6.07, 6.45) is 0.0593. The molecule has 0 fully saturated rings. The van der Waals surface area contributed by atoms with Crippen molar-refractivity contribution in [3.63, 3.8) is 0 Å². The van der Waals surface area contributed by atoms with Crippen molar-refractivity contribution in [2.45, 2.75) is 26.3 Å². The first-order valence-electron chi connectivity index (χ1n) is 12.6. The molecule has 0 aliphatic rings. The molecular weight excluding hydrogens is 518 g/mol. The van der Waals surface area contributed by atoms with E-state index in [-0.39, 0.29) is 30.7 Å². The molecular formula is C30H30F2N4O4. The summed E-state index contributed by atoms with van der Waals surface area (Å²) in [5.74, 6) is 0.134. The van der Waals surface area contributed by atoms with E-state index in [4.69, 9.17) is 9.47 Å². The summed E-state index contributed by atoms with van der Waals surface area (Å²) < 4.78 is 37.6. The molecule has 1 heterocycles. The van der Waals surface area contributed by atoms with E-state index in [1.165, 1.54) is 43.4 Å². The number of methoxy groups -OCH3 is 2. The number of carbonyl (C=O) groups excluding carboxylic acids is 2. The van der Waals surface area contributed by atoms with Crippen LogP contribution in [0.25, 0.3) is 22.6 Å². The van der Waals surface area contributed by atoms with Gasteiger partial charge in [0.25, 0.3) is 0 Å². The van der Waals surface area contributed by atoms with Gasteiger partial charge in [0, 0.05) is 17.2 Å². The zero-order valence-electron chi connectivity index (χ0n) is 22.6. The Hall–Kier alpha value is -4.73. The number of carbonyl (C=O) groups is 2. The molecule has 2 amide bonds. The molecule has 0 aliphatic heterocycles. The number of rotatable bonds is 10. The predicted molar refractivity (Wildman–Crippen MR) is 148 cm³/mol.